The maximum Gasteiger partial charge on any atom is 0.221 e. The zero-order valence-electron chi connectivity index (χ0n) is 17.4. The molecule has 2 N–H and O–H groups in total. The topological polar surface area (TPSA) is 116 Å². The van der Waals surface area contributed by atoms with Gasteiger partial charge in [0.05, 0.1) is 42.4 Å². The molecule has 10 nitrogen and oxygen atoms in total. The van der Waals surface area contributed by atoms with Crippen LogP contribution in [0.1, 0.15) is 5.56 Å². The highest BCUT2D eigenvalue weighted by Crippen LogP contribution is 2.24. The molecule has 0 spiro atoms. The minimum atomic E-state index is 0.489. The number of anilines is 3. The maximum atomic E-state index is 5.11. The molecule has 5 aromatic rings. The molecule has 5 rings (SSSR count). The molecule has 160 valence electrons. The van der Waals surface area contributed by atoms with Gasteiger partial charge >= 0.3 is 0 Å². The minimum Gasteiger partial charge on any atom is -0.383 e. The van der Waals surface area contributed by atoms with Gasteiger partial charge < -0.3 is 15.4 Å². The van der Waals surface area contributed by atoms with Gasteiger partial charge in [-0.3, -0.25) is 9.97 Å². The average Bonchev–Trinajstić information content (AvgIpc) is 3.22. The van der Waals surface area contributed by atoms with Crippen LogP contribution in [0.3, 0.4) is 0 Å². The number of hydrogen-bond donors (Lipinski definition) is 2. The van der Waals surface area contributed by atoms with Crippen LogP contribution in [0.2, 0.25) is 0 Å². The largest absolute Gasteiger partial charge is 0.383 e. The van der Waals surface area contributed by atoms with Gasteiger partial charge in [-0.1, -0.05) is 17.3 Å². The van der Waals surface area contributed by atoms with E-state index in [9.17, 15) is 0 Å². The molecule has 32 heavy (non-hydrogen) atoms. The van der Waals surface area contributed by atoms with Crippen LogP contribution in [0, 0.1) is 0 Å². The first-order chi connectivity index (χ1) is 15.8. The van der Waals surface area contributed by atoms with Crippen molar-refractivity contribution in [1.82, 2.24) is 34.9 Å². The third-order valence-electron chi connectivity index (χ3n) is 4.93. The van der Waals surface area contributed by atoms with Crippen LogP contribution < -0.4 is 10.6 Å². The van der Waals surface area contributed by atoms with E-state index in [0.29, 0.717) is 36.8 Å². The van der Waals surface area contributed by atoms with Gasteiger partial charge in [0.15, 0.2) is 11.5 Å². The zero-order valence-corrected chi connectivity index (χ0v) is 17.4. The van der Waals surface area contributed by atoms with E-state index in [0.717, 1.165) is 27.8 Å². The first-order valence-electron chi connectivity index (χ1n) is 10.1. The monoisotopic (exact) mass is 427 g/mol. The molecule has 0 aliphatic carbocycles. The molecule has 0 saturated heterocycles. The first-order valence-corrected chi connectivity index (χ1v) is 10.1. The van der Waals surface area contributed by atoms with Crippen molar-refractivity contribution in [2.24, 2.45) is 0 Å². The second-order valence-electron chi connectivity index (χ2n) is 7.15. The average molecular weight is 427 g/mol. The van der Waals surface area contributed by atoms with E-state index in [1.807, 2.05) is 30.3 Å². The van der Waals surface area contributed by atoms with E-state index in [2.05, 4.69) is 42.0 Å². The Morgan fingerprint density at radius 3 is 2.94 bits per heavy atom. The molecule has 4 aromatic heterocycles. The van der Waals surface area contributed by atoms with E-state index in [-0.39, 0.29) is 0 Å². The van der Waals surface area contributed by atoms with Crippen molar-refractivity contribution >= 4 is 39.4 Å². The van der Waals surface area contributed by atoms with Crippen LogP contribution in [0.15, 0.2) is 61.2 Å². The van der Waals surface area contributed by atoms with Gasteiger partial charge in [0.2, 0.25) is 5.65 Å². The van der Waals surface area contributed by atoms with Gasteiger partial charge in [0.25, 0.3) is 0 Å². The van der Waals surface area contributed by atoms with Crippen molar-refractivity contribution in [3.05, 3.63) is 66.7 Å². The number of benzene rings is 1. The van der Waals surface area contributed by atoms with Crippen molar-refractivity contribution in [2.45, 2.75) is 6.54 Å². The fraction of sp³-hybridized carbons (Fsp3) is 0.182. The first kappa shape index (κ1) is 19.8. The number of pyridine rings is 2. The van der Waals surface area contributed by atoms with Crippen LogP contribution in [0.4, 0.5) is 17.2 Å². The third-order valence-corrected chi connectivity index (χ3v) is 4.93. The molecule has 0 fully saturated rings. The normalized spacial score (nSPS) is 11.2. The molecule has 0 amide bonds. The van der Waals surface area contributed by atoms with Gasteiger partial charge in [-0.2, -0.15) is 0 Å². The summed E-state index contributed by atoms with van der Waals surface area (Å²) in [6.07, 6.45) is 6.89. The molecule has 10 heteroatoms. The molecule has 0 bridgehead atoms. The molecule has 0 saturated carbocycles. The predicted molar refractivity (Wildman–Crippen MR) is 122 cm³/mol. The predicted octanol–water partition coefficient (Wildman–Crippen LogP) is 3.01. The molecule has 0 atom stereocenters. The smallest absolute Gasteiger partial charge is 0.221 e. The van der Waals surface area contributed by atoms with Crippen LogP contribution >= 0.6 is 0 Å². The van der Waals surface area contributed by atoms with Crippen molar-refractivity contribution in [1.29, 1.82) is 0 Å². The van der Waals surface area contributed by atoms with E-state index < -0.39 is 0 Å². The van der Waals surface area contributed by atoms with Crippen molar-refractivity contribution < 1.29 is 4.74 Å². The molecule has 0 aliphatic rings. The lowest BCUT2D eigenvalue weighted by molar-refractivity contribution is 0.211. The molecular formula is C22H21N9O. The second-order valence-corrected chi connectivity index (χ2v) is 7.15. The summed E-state index contributed by atoms with van der Waals surface area (Å²) in [5.74, 6) is 0.576. The van der Waals surface area contributed by atoms with Gasteiger partial charge in [0, 0.05) is 31.4 Å². The van der Waals surface area contributed by atoms with Gasteiger partial charge in [-0.15, -0.1) is 5.10 Å². The Morgan fingerprint density at radius 1 is 1.03 bits per heavy atom. The SMILES string of the molecule is COCCNc1ccncc1Nc1cnc2nnn(Cc3ccc4ncccc4c3)c2n1. The van der Waals surface area contributed by atoms with Gasteiger partial charge in [-0.05, 0) is 29.8 Å². The Kier molecular flexibility index (Phi) is 5.50. The standard InChI is InChI=1S/C22H21N9O/c1-32-10-9-25-18-6-8-23-12-19(18)27-20-13-26-21-22(28-20)31(30-29-21)14-15-4-5-17-16(11-15)3-2-7-24-17/h2-8,11-13H,9-10,14H2,1H3,(H,23,25)(H,27,28). The minimum absolute atomic E-state index is 0.489. The van der Waals surface area contributed by atoms with E-state index >= 15 is 0 Å². The van der Waals surface area contributed by atoms with Crippen molar-refractivity contribution in [2.75, 3.05) is 30.9 Å². The van der Waals surface area contributed by atoms with Crippen LogP contribution in [-0.4, -0.2) is 55.2 Å². The Morgan fingerprint density at radius 2 is 2.00 bits per heavy atom. The lowest BCUT2D eigenvalue weighted by Crippen LogP contribution is -2.09. The Balaban J connectivity index is 1.40. The number of hydrogen-bond acceptors (Lipinski definition) is 9. The summed E-state index contributed by atoms with van der Waals surface area (Å²) in [5, 5.41) is 16.1. The molecule has 1 aromatic carbocycles. The number of rotatable bonds is 8. The Labute approximate surface area is 183 Å². The number of nitrogens with one attached hydrogen (secondary N) is 2. The molecule has 0 aliphatic heterocycles. The highest BCUT2D eigenvalue weighted by molar-refractivity contribution is 5.79. The number of fused-ring (bicyclic) bond motifs is 2. The fourth-order valence-corrected chi connectivity index (χ4v) is 3.39. The van der Waals surface area contributed by atoms with E-state index in [1.165, 1.54) is 0 Å². The van der Waals surface area contributed by atoms with Crippen LogP contribution in [-0.2, 0) is 11.3 Å². The number of aromatic nitrogens is 7. The summed E-state index contributed by atoms with van der Waals surface area (Å²) in [6, 6.07) is 12.0. The zero-order chi connectivity index (χ0) is 21.8. The third kappa shape index (κ3) is 4.16. The summed E-state index contributed by atoms with van der Waals surface area (Å²) in [4.78, 5) is 17.7. The Bertz CT molecular complexity index is 1370. The summed E-state index contributed by atoms with van der Waals surface area (Å²) < 4.78 is 6.85. The highest BCUT2D eigenvalue weighted by Gasteiger charge is 2.11. The summed E-state index contributed by atoms with van der Waals surface area (Å²) in [7, 11) is 1.67. The van der Waals surface area contributed by atoms with Crippen molar-refractivity contribution in [3.8, 4) is 0 Å². The number of methoxy groups -OCH3 is 1. The van der Waals surface area contributed by atoms with E-state index in [4.69, 9.17) is 9.72 Å². The summed E-state index contributed by atoms with van der Waals surface area (Å²) in [5.41, 5.74) is 4.81. The maximum absolute atomic E-state index is 5.11. The molecule has 0 radical (unpaired) electrons. The van der Waals surface area contributed by atoms with Crippen LogP contribution in [0.25, 0.3) is 22.2 Å². The van der Waals surface area contributed by atoms with Gasteiger partial charge in [0.1, 0.15) is 0 Å². The fourth-order valence-electron chi connectivity index (χ4n) is 3.39. The highest BCUT2D eigenvalue weighted by atomic mass is 16.5. The second kappa shape index (κ2) is 8.90. The van der Waals surface area contributed by atoms with Crippen LogP contribution in [0.5, 0.6) is 0 Å². The molecular weight excluding hydrogens is 406 g/mol. The Hall–Kier alpha value is -4.18. The lowest BCUT2D eigenvalue weighted by Gasteiger charge is -2.12. The molecule has 4 heterocycles. The summed E-state index contributed by atoms with van der Waals surface area (Å²) in [6.45, 7) is 1.80. The lowest BCUT2D eigenvalue weighted by atomic mass is 10.1. The van der Waals surface area contributed by atoms with Gasteiger partial charge in [-0.25, -0.2) is 14.6 Å². The van der Waals surface area contributed by atoms with Crippen molar-refractivity contribution in [3.63, 3.8) is 0 Å². The quantitative estimate of drug-likeness (QED) is 0.361. The summed E-state index contributed by atoms with van der Waals surface area (Å²) >= 11 is 0. The number of nitrogens with zero attached hydrogens (tertiary/aromatic N) is 7. The number of ether oxygens (including phenoxy) is 1. The van der Waals surface area contributed by atoms with E-state index in [1.54, 1.807) is 36.6 Å². The molecule has 0 unspecified atom stereocenters.